The van der Waals surface area contributed by atoms with Gasteiger partial charge in [-0.3, -0.25) is 4.79 Å². The number of ether oxygens (including phenoxy) is 1. The second-order valence-electron chi connectivity index (χ2n) is 4.89. The van der Waals surface area contributed by atoms with Crippen molar-refractivity contribution in [3.05, 3.63) is 60.2 Å². The Morgan fingerprint density at radius 3 is 2.52 bits per heavy atom. The van der Waals surface area contributed by atoms with Crippen molar-refractivity contribution >= 4 is 11.6 Å². The number of nitrogens with two attached hydrogens (primary N) is 1. The lowest BCUT2D eigenvalue weighted by Crippen LogP contribution is -2.86. The third-order valence-electron chi connectivity index (χ3n) is 3.36. The SMILES string of the molecule is COc1ccccc1NC(=O)C[NH2+][C@H](C)c1ccccc1. The van der Waals surface area contributed by atoms with Crippen LogP contribution in [0.3, 0.4) is 0 Å². The molecule has 1 atom stereocenters. The molecule has 0 aliphatic carbocycles. The Morgan fingerprint density at radius 2 is 1.81 bits per heavy atom. The highest BCUT2D eigenvalue weighted by Gasteiger charge is 2.12. The summed E-state index contributed by atoms with van der Waals surface area (Å²) in [7, 11) is 1.59. The number of anilines is 1. The fourth-order valence-electron chi connectivity index (χ4n) is 2.13. The Kier molecular flexibility index (Phi) is 5.35. The maximum Gasteiger partial charge on any atom is 0.279 e. The van der Waals surface area contributed by atoms with Crippen molar-refractivity contribution in [2.45, 2.75) is 13.0 Å². The van der Waals surface area contributed by atoms with Crippen LogP contribution in [0.5, 0.6) is 5.75 Å². The zero-order valence-corrected chi connectivity index (χ0v) is 12.4. The summed E-state index contributed by atoms with van der Waals surface area (Å²) in [5.74, 6) is 0.629. The molecule has 0 heterocycles. The van der Waals surface area contributed by atoms with Crippen LogP contribution in [0, 0.1) is 0 Å². The lowest BCUT2D eigenvalue weighted by molar-refractivity contribution is -0.682. The maximum absolute atomic E-state index is 12.0. The maximum atomic E-state index is 12.0. The highest BCUT2D eigenvalue weighted by Crippen LogP contribution is 2.22. The molecule has 0 spiro atoms. The highest BCUT2D eigenvalue weighted by molar-refractivity contribution is 5.92. The molecule has 0 aliphatic heterocycles. The first-order chi connectivity index (χ1) is 10.2. The van der Waals surface area contributed by atoms with E-state index in [2.05, 4.69) is 24.4 Å². The van der Waals surface area contributed by atoms with Crippen molar-refractivity contribution in [1.29, 1.82) is 0 Å². The standard InChI is InChI=1S/C17H20N2O2/c1-13(14-8-4-3-5-9-14)18-12-17(20)19-15-10-6-7-11-16(15)21-2/h3-11,13,18H,12H2,1-2H3,(H,19,20)/p+1/t13-/m1/s1. The first kappa shape index (κ1) is 15.1. The fourth-order valence-corrected chi connectivity index (χ4v) is 2.13. The third-order valence-corrected chi connectivity index (χ3v) is 3.36. The molecule has 0 aliphatic rings. The van der Waals surface area contributed by atoms with Crippen molar-refractivity contribution in [2.75, 3.05) is 19.0 Å². The Morgan fingerprint density at radius 1 is 1.14 bits per heavy atom. The van der Waals surface area contributed by atoms with Crippen LogP contribution < -0.4 is 15.4 Å². The number of carbonyl (C=O) groups is 1. The van der Waals surface area contributed by atoms with Crippen LogP contribution in [0.4, 0.5) is 5.69 Å². The number of quaternary nitrogens is 1. The predicted octanol–water partition coefficient (Wildman–Crippen LogP) is 1.96. The van der Waals surface area contributed by atoms with Crippen molar-refractivity contribution in [2.24, 2.45) is 0 Å². The van der Waals surface area contributed by atoms with E-state index in [9.17, 15) is 4.79 Å². The van der Waals surface area contributed by atoms with E-state index < -0.39 is 0 Å². The summed E-state index contributed by atoms with van der Waals surface area (Å²) >= 11 is 0. The molecule has 0 fully saturated rings. The summed E-state index contributed by atoms with van der Waals surface area (Å²) in [4.78, 5) is 12.0. The Hall–Kier alpha value is -2.33. The smallest absolute Gasteiger partial charge is 0.279 e. The zero-order chi connectivity index (χ0) is 15.1. The molecule has 0 saturated carbocycles. The number of hydrogen-bond donors (Lipinski definition) is 2. The Bertz CT molecular complexity index is 584. The minimum atomic E-state index is -0.0396. The summed E-state index contributed by atoms with van der Waals surface area (Å²) in [5, 5.41) is 4.89. The molecule has 0 radical (unpaired) electrons. The first-order valence-electron chi connectivity index (χ1n) is 7.02. The van der Waals surface area contributed by atoms with Gasteiger partial charge in [0.05, 0.1) is 12.8 Å². The number of para-hydroxylation sites is 2. The number of hydrogen-bond acceptors (Lipinski definition) is 2. The number of amides is 1. The average Bonchev–Trinajstić information content (AvgIpc) is 2.54. The summed E-state index contributed by atoms with van der Waals surface area (Å²) in [6.07, 6.45) is 0. The van der Waals surface area contributed by atoms with E-state index in [-0.39, 0.29) is 11.9 Å². The van der Waals surface area contributed by atoms with E-state index in [0.29, 0.717) is 18.0 Å². The van der Waals surface area contributed by atoms with Gasteiger partial charge in [0, 0.05) is 5.56 Å². The second-order valence-corrected chi connectivity index (χ2v) is 4.89. The fraction of sp³-hybridized carbons (Fsp3) is 0.235. The lowest BCUT2D eigenvalue weighted by Gasteiger charge is -2.12. The van der Waals surface area contributed by atoms with Gasteiger partial charge in [0.2, 0.25) is 0 Å². The molecule has 2 rings (SSSR count). The van der Waals surface area contributed by atoms with Gasteiger partial charge >= 0.3 is 0 Å². The Balaban J connectivity index is 1.88. The Labute approximate surface area is 125 Å². The molecular weight excluding hydrogens is 264 g/mol. The van der Waals surface area contributed by atoms with Gasteiger partial charge in [0.25, 0.3) is 5.91 Å². The number of nitrogens with one attached hydrogen (secondary N) is 1. The molecule has 3 N–H and O–H groups in total. The van der Waals surface area contributed by atoms with E-state index in [4.69, 9.17) is 4.74 Å². The number of methoxy groups -OCH3 is 1. The first-order valence-corrected chi connectivity index (χ1v) is 7.02. The van der Waals surface area contributed by atoms with Gasteiger partial charge in [-0.25, -0.2) is 0 Å². The summed E-state index contributed by atoms with van der Waals surface area (Å²) in [5.41, 5.74) is 1.91. The van der Waals surface area contributed by atoms with Gasteiger partial charge in [0.15, 0.2) is 6.54 Å². The predicted molar refractivity (Wildman–Crippen MR) is 83.3 cm³/mol. The molecular formula is C17H21N2O2+. The quantitative estimate of drug-likeness (QED) is 0.852. The molecule has 0 aromatic heterocycles. The van der Waals surface area contributed by atoms with Gasteiger partial charge in [-0.2, -0.15) is 0 Å². The van der Waals surface area contributed by atoms with Gasteiger partial charge < -0.3 is 15.4 Å². The molecule has 0 saturated heterocycles. The van der Waals surface area contributed by atoms with Crippen LogP contribution in [0.2, 0.25) is 0 Å². The summed E-state index contributed by atoms with van der Waals surface area (Å²) in [6.45, 7) is 2.46. The normalized spacial score (nSPS) is 11.7. The summed E-state index contributed by atoms with van der Waals surface area (Å²) in [6, 6.07) is 17.8. The van der Waals surface area contributed by atoms with Gasteiger partial charge in [0.1, 0.15) is 11.8 Å². The monoisotopic (exact) mass is 285 g/mol. The average molecular weight is 285 g/mol. The van der Waals surface area contributed by atoms with Crippen LogP contribution in [0.15, 0.2) is 54.6 Å². The van der Waals surface area contributed by atoms with Gasteiger partial charge in [-0.15, -0.1) is 0 Å². The molecule has 2 aromatic rings. The van der Waals surface area contributed by atoms with Crippen LogP contribution in [0.1, 0.15) is 18.5 Å². The minimum absolute atomic E-state index is 0.0396. The third kappa shape index (κ3) is 4.33. The van der Waals surface area contributed by atoms with Crippen molar-refractivity contribution in [3.8, 4) is 5.75 Å². The van der Waals surface area contributed by atoms with Gasteiger partial charge in [-0.1, -0.05) is 42.5 Å². The number of rotatable bonds is 6. The lowest BCUT2D eigenvalue weighted by atomic mass is 10.1. The van der Waals surface area contributed by atoms with Crippen molar-refractivity contribution in [3.63, 3.8) is 0 Å². The molecule has 4 heteroatoms. The molecule has 2 aromatic carbocycles. The number of carbonyl (C=O) groups excluding carboxylic acids is 1. The van der Waals surface area contributed by atoms with Crippen LogP contribution in [-0.2, 0) is 4.79 Å². The van der Waals surface area contributed by atoms with E-state index >= 15 is 0 Å². The molecule has 110 valence electrons. The zero-order valence-electron chi connectivity index (χ0n) is 12.4. The highest BCUT2D eigenvalue weighted by atomic mass is 16.5. The second kappa shape index (κ2) is 7.45. The topological polar surface area (TPSA) is 54.9 Å². The van der Waals surface area contributed by atoms with Crippen LogP contribution in [0.25, 0.3) is 0 Å². The van der Waals surface area contributed by atoms with Crippen molar-refractivity contribution < 1.29 is 14.8 Å². The summed E-state index contributed by atoms with van der Waals surface area (Å²) < 4.78 is 5.22. The van der Waals surface area contributed by atoms with Crippen molar-refractivity contribution in [1.82, 2.24) is 0 Å². The van der Waals surface area contributed by atoms with E-state index in [1.165, 1.54) is 5.56 Å². The van der Waals surface area contributed by atoms with E-state index in [1.54, 1.807) is 7.11 Å². The largest absolute Gasteiger partial charge is 0.495 e. The molecule has 4 nitrogen and oxygen atoms in total. The van der Waals surface area contributed by atoms with Crippen LogP contribution in [-0.4, -0.2) is 19.6 Å². The van der Waals surface area contributed by atoms with E-state index in [1.807, 2.05) is 47.8 Å². The molecule has 1 amide bonds. The molecule has 21 heavy (non-hydrogen) atoms. The van der Waals surface area contributed by atoms with Crippen LogP contribution >= 0.6 is 0 Å². The molecule has 0 unspecified atom stereocenters. The number of benzene rings is 2. The minimum Gasteiger partial charge on any atom is -0.495 e. The molecule has 0 bridgehead atoms. The van der Waals surface area contributed by atoms with E-state index in [0.717, 1.165) is 0 Å². The van der Waals surface area contributed by atoms with Gasteiger partial charge in [-0.05, 0) is 19.1 Å².